The van der Waals surface area contributed by atoms with Gasteiger partial charge in [-0.25, -0.2) is 0 Å². The van der Waals surface area contributed by atoms with Gasteiger partial charge in [0.15, 0.2) is 0 Å². The molecule has 3 heteroatoms. The molecule has 1 heterocycles. The lowest BCUT2D eigenvalue weighted by Crippen LogP contribution is -2.27. The van der Waals surface area contributed by atoms with Crippen LogP contribution in [0.1, 0.15) is 32.1 Å². The molecule has 84 valence electrons. The predicted molar refractivity (Wildman–Crippen MR) is 67.6 cm³/mol. The van der Waals surface area contributed by atoms with Gasteiger partial charge in [-0.3, -0.25) is 0 Å². The van der Waals surface area contributed by atoms with Gasteiger partial charge in [0, 0.05) is 18.2 Å². The number of hydrogen-bond acceptors (Lipinski definition) is 2. The van der Waals surface area contributed by atoms with Crippen LogP contribution in [0.15, 0.2) is 0 Å². The highest BCUT2D eigenvalue weighted by Gasteiger charge is 2.07. The summed E-state index contributed by atoms with van der Waals surface area (Å²) in [5.74, 6) is 3.53. The van der Waals surface area contributed by atoms with E-state index in [1.54, 1.807) is 0 Å². The highest BCUT2D eigenvalue weighted by atomic mass is 35.5. The van der Waals surface area contributed by atoms with Gasteiger partial charge < -0.3 is 4.90 Å². The largest absolute Gasteiger partial charge is 0.302 e. The van der Waals surface area contributed by atoms with Gasteiger partial charge in [-0.05, 0) is 38.1 Å². The van der Waals surface area contributed by atoms with Crippen molar-refractivity contribution in [2.75, 3.05) is 37.0 Å². The van der Waals surface area contributed by atoms with Crippen molar-refractivity contribution in [1.29, 1.82) is 0 Å². The molecule has 0 amide bonds. The highest BCUT2D eigenvalue weighted by Crippen LogP contribution is 2.11. The molecule has 1 aliphatic rings. The molecule has 0 spiro atoms. The van der Waals surface area contributed by atoms with Crippen LogP contribution in [0, 0.1) is 0 Å². The molecule has 0 radical (unpaired) electrons. The Balaban J connectivity index is 1.93. The fourth-order valence-corrected chi connectivity index (χ4v) is 2.92. The maximum absolute atomic E-state index is 5.64. The van der Waals surface area contributed by atoms with Gasteiger partial charge in [-0.2, -0.15) is 11.8 Å². The molecule has 0 aromatic heterocycles. The van der Waals surface area contributed by atoms with Crippen LogP contribution in [-0.4, -0.2) is 41.9 Å². The maximum Gasteiger partial charge on any atom is 0.0223 e. The molecule has 1 fully saturated rings. The van der Waals surface area contributed by atoms with Gasteiger partial charge in [-0.1, -0.05) is 12.8 Å². The van der Waals surface area contributed by atoms with E-state index in [9.17, 15) is 0 Å². The van der Waals surface area contributed by atoms with Crippen molar-refractivity contribution < 1.29 is 0 Å². The fraction of sp³-hybridized carbons (Fsp3) is 1.00. The molecule has 1 rings (SSSR count). The number of nitrogens with zero attached hydrogens (tertiary/aromatic N) is 1. The molecular weight excluding hydrogens is 214 g/mol. The van der Waals surface area contributed by atoms with Gasteiger partial charge in [0.1, 0.15) is 0 Å². The molecule has 0 aromatic carbocycles. The molecular formula is C11H22ClNS. The lowest BCUT2D eigenvalue weighted by molar-refractivity contribution is 0.288. The van der Waals surface area contributed by atoms with Crippen molar-refractivity contribution in [1.82, 2.24) is 4.90 Å². The number of thioether (sulfide) groups is 1. The van der Waals surface area contributed by atoms with Crippen LogP contribution in [0.25, 0.3) is 0 Å². The molecule has 0 atom stereocenters. The zero-order valence-corrected chi connectivity index (χ0v) is 10.6. The Hall–Kier alpha value is 0.600. The van der Waals surface area contributed by atoms with Crippen LogP contribution in [0.4, 0.5) is 0 Å². The van der Waals surface area contributed by atoms with Crippen molar-refractivity contribution in [2.24, 2.45) is 0 Å². The summed E-state index contributed by atoms with van der Waals surface area (Å²) in [6.07, 6.45) is 6.60. The first kappa shape index (κ1) is 12.7. The Morgan fingerprint density at radius 3 is 2.71 bits per heavy atom. The molecule has 0 saturated carbocycles. The first-order valence-corrected chi connectivity index (χ1v) is 7.48. The summed E-state index contributed by atoms with van der Waals surface area (Å²) in [6, 6.07) is 0. The van der Waals surface area contributed by atoms with Gasteiger partial charge in [0.25, 0.3) is 0 Å². The number of hydrogen-bond donors (Lipinski definition) is 0. The Bertz CT molecular complexity index is 124. The zero-order valence-electron chi connectivity index (χ0n) is 9.01. The van der Waals surface area contributed by atoms with E-state index in [0.29, 0.717) is 0 Å². The fourth-order valence-electron chi connectivity index (χ4n) is 1.80. The van der Waals surface area contributed by atoms with E-state index in [4.69, 9.17) is 11.6 Å². The topological polar surface area (TPSA) is 3.24 Å². The molecule has 0 unspecified atom stereocenters. The number of rotatable bonds is 6. The third-order valence-electron chi connectivity index (χ3n) is 2.67. The SMILES string of the molecule is ClCCCCCCN1CCCSCC1. The monoisotopic (exact) mass is 235 g/mol. The molecule has 0 bridgehead atoms. The van der Waals surface area contributed by atoms with E-state index in [0.717, 1.165) is 5.88 Å². The summed E-state index contributed by atoms with van der Waals surface area (Å²) < 4.78 is 0. The standard InChI is InChI=1S/C11H22ClNS/c12-6-3-1-2-4-7-13-8-5-10-14-11-9-13/h1-11H2. The summed E-state index contributed by atoms with van der Waals surface area (Å²) >= 11 is 7.75. The molecule has 0 aromatic rings. The van der Waals surface area contributed by atoms with Crippen molar-refractivity contribution in [2.45, 2.75) is 32.1 Å². The smallest absolute Gasteiger partial charge is 0.0223 e. The summed E-state index contributed by atoms with van der Waals surface area (Å²) in [5, 5.41) is 0. The van der Waals surface area contributed by atoms with E-state index in [-0.39, 0.29) is 0 Å². The van der Waals surface area contributed by atoms with Crippen LogP contribution in [0.3, 0.4) is 0 Å². The predicted octanol–water partition coefficient (Wildman–Crippen LogP) is 3.22. The minimum Gasteiger partial charge on any atom is -0.302 e. The van der Waals surface area contributed by atoms with Gasteiger partial charge in [-0.15, -0.1) is 11.6 Å². The van der Waals surface area contributed by atoms with E-state index in [2.05, 4.69) is 16.7 Å². The highest BCUT2D eigenvalue weighted by molar-refractivity contribution is 7.99. The van der Waals surface area contributed by atoms with Crippen molar-refractivity contribution in [3.05, 3.63) is 0 Å². The molecule has 14 heavy (non-hydrogen) atoms. The molecule has 1 nitrogen and oxygen atoms in total. The van der Waals surface area contributed by atoms with Gasteiger partial charge in [0.05, 0.1) is 0 Å². The van der Waals surface area contributed by atoms with Crippen molar-refractivity contribution in [3.8, 4) is 0 Å². The summed E-state index contributed by atoms with van der Waals surface area (Å²) in [5.41, 5.74) is 0. The Labute approximate surface area is 97.6 Å². The van der Waals surface area contributed by atoms with Crippen LogP contribution < -0.4 is 0 Å². The van der Waals surface area contributed by atoms with Gasteiger partial charge in [0.2, 0.25) is 0 Å². The van der Waals surface area contributed by atoms with E-state index >= 15 is 0 Å². The van der Waals surface area contributed by atoms with Crippen molar-refractivity contribution in [3.63, 3.8) is 0 Å². The first-order chi connectivity index (χ1) is 6.93. The van der Waals surface area contributed by atoms with Gasteiger partial charge >= 0.3 is 0 Å². The summed E-state index contributed by atoms with van der Waals surface area (Å²) in [4.78, 5) is 2.63. The second-order valence-corrected chi connectivity index (χ2v) is 5.51. The maximum atomic E-state index is 5.64. The quantitative estimate of drug-likeness (QED) is 0.514. The minimum absolute atomic E-state index is 0.834. The Morgan fingerprint density at radius 1 is 1.00 bits per heavy atom. The lowest BCUT2D eigenvalue weighted by atomic mass is 10.2. The number of halogens is 1. The number of alkyl halides is 1. The third kappa shape index (κ3) is 6.15. The lowest BCUT2D eigenvalue weighted by Gasteiger charge is -2.18. The normalized spacial score (nSPS) is 19.5. The average molecular weight is 236 g/mol. The van der Waals surface area contributed by atoms with E-state index in [1.165, 1.54) is 63.2 Å². The first-order valence-electron chi connectivity index (χ1n) is 5.79. The zero-order chi connectivity index (χ0) is 10.1. The Kier molecular flexibility index (Phi) is 8.03. The van der Waals surface area contributed by atoms with Crippen molar-refractivity contribution >= 4 is 23.4 Å². The summed E-state index contributed by atoms with van der Waals surface area (Å²) in [6.45, 7) is 3.94. The molecule has 1 aliphatic heterocycles. The third-order valence-corrected chi connectivity index (χ3v) is 3.99. The van der Waals surface area contributed by atoms with Crippen LogP contribution in [-0.2, 0) is 0 Å². The second kappa shape index (κ2) is 8.87. The summed E-state index contributed by atoms with van der Waals surface area (Å²) in [7, 11) is 0. The second-order valence-electron chi connectivity index (χ2n) is 3.91. The molecule has 1 saturated heterocycles. The Morgan fingerprint density at radius 2 is 1.86 bits per heavy atom. The molecule has 0 aliphatic carbocycles. The van der Waals surface area contributed by atoms with Crippen LogP contribution in [0.2, 0.25) is 0 Å². The van der Waals surface area contributed by atoms with Crippen LogP contribution in [0.5, 0.6) is 0 Å². The molecule has 0 N–H and O–H groups in total. The minimum atomic E-state index is 0.834. The average Bonchev–Trinajstić information content (AvgIpc) is 2.46. The van der Waals surface area contributed by atoms with E-state index < -0.39 is 0 Å². The van der Waals surface area contributed by atoms with Crippen LogP contribution >= 0.6 is 23.4 Å². The van der Waals surface area contributed by atoms with E-state index in [1.807, 2.05) is 0 Å². The number of unbranched alkanes of at least 4 members (excludes halogenated alkanes) is 3.